The number of methoxy groups -OCH3 is 1. The molecule has 5 heteroatoms. The minimum atomic E-state index is -0.281. The number of aromatic nitrogens is 1. The molecular weight excluding hydrogens is 320 g/mol. The molecule has 4 nitrogen and oxygen atoms in total. The molecule has 0 aliphatic heterocycles. The van der Waals surface area contributed by atoms with E-state index in [4.69, 9.17) is 4.74 Å². The number of ether oxygens (including phenoxy) is 1. The number of thiazole rings is 1. The van der Waals surface area contributed by atoms with Crippen LogP contribution >= 0.6 is 11.3 Å². The van der Waals surface area contributed by atoms with Gasteiger partial charge in [0.05, 0.1) is 18.6 Å². The number of nitrogens with zero attached hydrogens (tertiary/aromatic N) is 1. The molecule has 1 aromatic heterocycles. The van der Waals surface area contributed by atoms with Crippen molar-refractivity contribution >= 4 is 17.2 Å². The molecule has 1 saturated carbocycles. The smallest absolute Gasteiger partial charge is 0.228 e. The SMILES string of the molecule is COc1ccc(C(C)C(=O)NC2(c3nc(C)cs3)CCCC2)cc1. The molecule has 1 N–H and O–H groups in total. The summed E-state index contributed by atoms with van der Waals surface area (Å²) < 4.78 is 5.19. The fourth-order valence-corrected chi connectivity index (χ4v) is 4.35. The van der Waals surface area contributed by atoms with Crippen molar-refractivity contribution in [1.29, 1.82) is 0 Å². The molecule has 1 heterocycles. The zero-order valence-corrected chi connectivity index (χ0v) is 15.3. The second kappa shape index (κ2) is 6.93. The molecule has 0 saturated heterocycles. The summed E-state index contributed by atoms with van der Waals surface area (Å²) in [5.74, 6) is 0.668. The molecule has 24 heavy (non-hydrogen) atoms. The van der Waals surface area contributed by atoms with Crippen LogP contribution in [-0.4, -0.2) is 18.0 Å². The van der Waals surface area contributed by atoms with E-state index in [1.165, 1.54) is 0 Å². The van der Waals surface area contributed by atoms with Crippen LogP contribution in [0.4, 0.5) is 0 Å². The van der Waals surface area contributed by atoms with Gasteiger partial charge in [0.2, 0.25) is 5.91 Å². The summed E-state index contributed by atoms with van der Waals surface area (Å²) in [4.78, 5) is 17.5. The van der Waals surface area contributed by atoms with Crippen molar-refractivity contribution in [3.8, 4) is 5.75 Å². The van der Waals surface area contributed by atoms with Gasteiger partial charge in [0.15, 0.2) is 0 Å². The van der Waals surface area contributed by atoms with Gasteiger partial charge in [-0.15, -0.1) is 11.3 Å². The third-order valence-corrected chi connectivity index (χ3v) is 6.02. The predicted molar refractivity (Wildman–Crippen MR) is 96.5 cm³/mol. The molecule has 128 valence electrons. The Kier molecular flexibility index (Phi) is 4.90. The number of amides is 1. The summed E-state index contributed by atoms with van der Waals surface area (Å²) in [5, 5.41) is 6.44. The maximum atomic E-state index is 12.9. The Bertz CT molecular complexity index is 702. The molecule has 1 amide bonds. The number of carbonyl (C=O) groups is 1. The van der Waals surface area contributed by atoms with Crippen LogP contribution in [-0.2, 0) is 10.3 Å². The molecular formula is C19H24N2O2S. The van der Waals surface area contributed by atoms with E-state index in [-0.39, 0.29) is 17.4 Å². The third kappa shape index (κ3) is 3.31. The summed E-state index contributed by atoms with van der Waals surface area (Å²) in [5.41, 5.74) is 1.74. The van der Waals surface area contributed by atoms with Crippen molar-refractivity contribution in [2.24, 2.45) is 0 Å². The Balaban J connectivity index is 1.78. The molecule has 0 bridgehead atoms. The van der Waals surface area contributed by atoms with Crippen LogP contribution in [0.15, 0.2) is 29.6 Å². The first-order chi connectivity index (χ1) is 11.5. The van der Waals surface area contributed by atoms with Gasteiger partial charge in [-0.2, -0.15) is 0 Å². The van der Waals surface area contributed by atoms with E-state index in [1.807, 2.05) is 38.1 Å². The molecule has 1 aliphatic carbocycles. The van der Waals surface area contributed by atoms with Crippen LogP contribution in [0, 0.1) is 6.92 Å². The highest BCUT2D eigenvalue weighted by Gasteiger charge is 2.40. The first kappa shape index (κ1) is 17.0. The van der Waals surface area contributed by atoms with Gasteiger partial charge in [0, 0.05) is 11.1 Å². The van der Waals surface area contributed by atoms with Crippen molar-refractivity contribution in [3.05, 3.63) is 45.9 Å². The van der Waals surface area contributed by atoms with Crippen LogP contribution < -0.4 is 10.1 Å². The fraction of sp³-hybridized carbons (Fsp3) is 0.474. The lowest BCUT2D eigenvalue weighted by atomic mass is 9.94. The summed E-state index contributed by atoms with van der Waals surface area (Å²) >= 11 is 1.66. The minimum absolute atomic E-state index is 0.0647. The number of hydrogen-bond donors (Lipinski definition) is 1. The highest BCUT2D eigenvalue weighted by atomic mass is 32.1. The molecule has 1 aliphatic rings. The zero-order chi connectivity index (χ0) is 17.2. The molecule has 1 atom stereocenters. The number of hydrogen-bond acceptors (Lipinski definition) is 4. The largest absolute Gasteiger partial charge is 0.497 e. The van der Waals surface area contributed by atoms with Gasteiger partial charge in [-0.05, 0) is 44.4 Å². The van der Waals surface area contributed by atoms with Crippen LogP contribution in [0.5, 0.6) is 5.75 Å². The van der Waals surface area contributed by atoms with Gasteiger partial charge in [-0.1, -0.05) is 25.0 Å². The maximum absolute atomic E-state index is 12.9. The summed E-state index contributed by atoms with van der Waals surface area (Å²) in [6.45, 7) is 3.96. The van der Waals surface area contributed by atoms with Crippen molar-refractivity contribution < 1.29 is 9.53 Å². The number of aryl methyl sites for hydroxylation is 1. The van der Waals surface area contributed by atoms with Gasteiger partial charge in [-0.3, -0.25) is 4.79 Å². The lowest BCUT2D eigenvalue weighted by molar-refractivity contribution is -0.124. The molecule has 1 aromatic carbocycles. The normalized spacial score (nSPS) is 17.5. The van der Waals surface area contributed by atoms with Gasteiger partial charge in [-0.25, -0.2) is 4.98 Å². The van der Waals surface area contributed by atoms with E-state index < -0.39 is 0 Å². The van der Waals surface area contributed by atoms with Crippen molar-refractivity contribution in [3.63, 3.8) is 0 Å². The van der Waals surface area contributed by atoms with E-state index in [0.717, 1.165) is 47.7 Å². The highest BCUT2D eigenvalue weighted by molar-refractivity contribution is 7.09. The van der Waals surface area contributed by atoms with Crippen LogP contribution in [0.1, 0.15) is 54.8 Å². The Morgan fingerprint density at radius 3 is 2.50 bits per heavy atom. The summed E-state index contributed by atoms with van der Waals surface area (Å²) in [6.07, 6.45) is 4.22. The Morgan fingerprint density at radius 2 is 1.96 bits per heavy atom. The second-order valence-electron chi connectivity index (χ2n) is 6.57. The summed E-state index contributed by atoms with van der Waals surface area (Å²) in [7, 11) is 1.64. The highest BCUT2D eigenvalue weighted by Crippen LogP contribution is 2.40. The second-order valence-corrected chi connectivity index (χ2v) is 7.43. The quantitative estimate of drug-likeness (QED) is 0.886. The topological polar surface area (TPSA) is 51.2 Å². The average Bonchev–Trinajstić information content (AvgIpc) is 3.24. The van der Waals surface area contributed by atoms with Crippen LogP contribution in [0.3, 0.4) is 0 Å². The Morgan fingerprint density at radius 1 is 1.29 bits per heavy atom. The maximum Gasteiger partial charge on any atom is 0.228 e. The van der Waals surface area contributed by atoms with Crippen molar-refractivity contribution in [1.82, 2.24) is 10.3 Å². The third-order valence-electron chi connectivity index (χ3n) is 4.86. The van der Waals surface area contributed by atoms with E-state index in [9.17, 15) is 4.79 Å². The first-order valence-corrected chi connectivity index (χ1v) is 9.31. The van der Waals surface area contributed by atoms with Gasteiger partial charge >= 0.3 is 0 Å². The molecule has 1 unspecified atom stereocenters. The van der Waals surface area contributed by atoms with Crippen LogP contribution in [0.25, 0.3) is 0 Å². The number of nitrogens with one attached hydrogen (secondary N) is 1. The predicted octanol–water partition coefficient (Wildman–Crippen LogP) is 4.15. The van der Waals surface area contributed by atoms with Gasteiger partial charge in [0.25, 0.3) is 0 Å². The van der Waals surface area contributed by atoms with Crippen molar-refractivity contribution in [2.75, 3.05) is 7.11 Å². The molecule has 0 radical (unpaired) electrons. The number of rotatable bonds is 5. The van der Waals surface area contributed by atoms with E-state index in [0.29, 0.717) is 0 Å². The molecule has 2 aromatic rings. The van der Waals surface area contributed by atoms with Gasteiger partial charge in [0.1, 0.15) is 10.8 Å². The average molecular weight is 344 g/mol. The van der Waals surface area contributed by atoms with Crippen molar-refractivity contribution in [2.45, 2.75) is 51.0 Å². The zero-order valence-electron chi connectivity index (χ0n) is 14.5. The monoisotopic (exact) mass is 344 g/mol. The lowest BCUT2D eigenvalue weighted by Gasteiger charge is -2.29. The molecule has 3 rings (SSSR count). The van der Waals surface area contributed by atoms with Crippen LogP contribution in [0.2, 0.25) is 0 Å². The number of carbonyl (C=O) groups excluding carboxylic acids is 1. The molecule has 0 spiro atoms. The first-order valence-electron chi connectivity index (χ1n) is 8.43. The molecule has 1 fully saturated rings. The lowest BCUT2D eigenvalue weighted by Crippen LogP contribution is -2.45. The Labute approximate surface area is 147 Å². The van der Waals surface area contributed by atoms with Gasteiger partial charge < -0.3 is 10.1 Å². The number of benzene rings is 1. The summed E-state index contributed by atoms with van der Waals surface area (Å²) in [6, 6.07) is 7.71. The fourth-order valence-electron chi connectivity index (χ4n) is 3.33. The van der Waals surface area contributed by atoms with E-state index in [1.54, 1.807) is 18.4 Å². The van der Waals surface area contributed by atoms with E-state index >= 15 is 0 Å². The van der Waals surface area contributed by atoms with E-state index in [2.05, 4.69) is 15.7 Å². The Hall–Kier alpha value is -1.88. The standard InChI is InChI=1S/C19H24N2O2S/c1-13-12-24-18(20-13)19(10-4-5-11-19)21-17(22)14(2)15-6-8-16(23-3)9-7-15/h6-9,12,14H,4-5,10-11H2,1-3H3,(H,21,22). The minimum Gasteiger partial charge on any atom is -0.497 e.